The van der Waals surface area contributed by atoms with Crippen LogP contribution in [0.25, 0.3) is 0 Å². The van der Waals surface area contributed by atoms with E-state index in [0.717, 1.165) is 25.9 Å². The number of rotatable bonds is 2. The Morgan fingerprint density at radius 2 is 1.92 bits per heavy atom. The van der Waals surface area contributed by atoms with Gasteiger partial charge < -0.3 is 19.7 Å². The SMILES string of the molecule is COC1=CC2C[C@@H]3c4cc(O)c(OC)cc4CCN3CC2C=C1O. The second-order valence-electron chi connectivity index (χ2n) is 6.83. The van der Waals surface area contributed by atoms with Crippen LogP contribution in [0.15, 0.2) is 35.8 Å². The van der Waals surface area contributed by atoms with Crippen LogP contribution < -0.4 is 4.74 Å². The van der Waals surface area contributed by atoms with Gasteiger partial charge in [-0.2, -0.15) is 0 Å². The molecule has 0 aromatic heterocycles. The van der Waals surface area contributed by atoms with Gasteiger partial charge in [-0.05, 0) is 54.2 Å². The average Bonchev–Trinajstić information content (AvgIpc) is 2.59. The van der Waals surface area contributed by atoms with Crippen molar-refractivity contribution < 1.29 is 19.7 Å². The van der Waals surface area contributed by atoms with E-state index in [-0.39, 0.29) is 17.6 Å². The number of piperidine rings is 1. The fourth-order valence-corrected chi connectivity index (χ4v) is 4.37. The summed E-state index contributed by atoms with van der Waals surface area (Å²) in [6.45, 7) is 1.91. The maximum absolute atomic E-state index is 10.2. The summed E-state index contributed by atoms with van der Waals surface area (Å²) in [6.07, 6.45) is 5.89. The standard InChI is InChI=1S/C19H23NO4/c1-23-18-7-11-3-4-20-10-13-6-16(21)19(24-2)8-12(13)5-15(20)14(11)9-17(18)22/h6-9,12-13,15,21-22H,3-5,10H2,1-2H3/t12?,13?,15-/m1/s1. The lowest BCUT2D eigenvalue weighted by Gasteiger charge is -2.46. The van der Waals surface area contributed by atoms with Crippen molar-refractivity contribution >= 4 is 0 Å². The van der Waals surface area contributed by atoms with Crippen molar-refractivity contribution in [2.24, 2.45) is 11.8 Å². The molecule has 3 atom stereocenters. The highest BCUT2D eigenvalue weighted by atomic mass is 16.5. The summed E-state index contributed by atoms with van der Waals surface area (Å²) in [6, 6.07) is 4.12. The maximum Gasteiger partial charge on any atom is 0.160 e. The molecule has 2 unspecified atom stereocenters. The van der Waals surface area contributed by atoms with Crippen LogP contribution in [0.2, 0.25) is 0 Å². The lowest BCUT2D eigenvalue weighted by atomic mass is 9.74. The summed E-state index contributed by atoms with van der Waals surface area (Å²) in [4.78, 5) is 2.46. The number of methoxy groups -OCH3 is 2. The molecular weight excluding hydrogens is 306 g/mol. The molecule has 5 nitrogen and oxygen atoms in total. The summed E-state index contributed by atoms with van der Waals surface area (Å²) in [5, 5.41) is 20.2. The van der Waals surface area contributed by atoms with Gasteiger partial charge in [0.1, 0.15) is 0 Å². The zero-order valence-electron chi connectivity index (χ0n) is 14.0. The first-order valence-corrected chi connectivity index (χ1v) is 8.41. The predicted molar refractivity (Wildman–Crippen MR) is 90.1 cm³/mol. The highest BCUT2D eigenvalue weighted by Gasteiger charge is 2.39. The van der Waals surface area contributed by atoms with Crippen LogP contribution in [0.1, 0.15) is 23.6 Å². The molecule has 2 heterocycles. The second-order valence-corrected chi connectivity index (χ2v) is 6.83. The van der Waals surface area contributed by atoms with Gasteiger partial charge in [0, 0.05) is 25.0 Å². The highest BCUT2D eigenvalue weighted by Crippen LogP contribution is 2.46. The Bertz CT molecular complexity index is 724. The van der Waals surface area contributed by atoms with Crippen molar-refractivity contribution in [1.29, 1.82) is 0 Å². The molecule has 0 saturated carbocycles. The average molecular weight is 329 g/mol. The number of phenolic OH excluding ortho intramolecular Hbond substituents is 1. The van der Waals surface area contributed by atoms with Gasteiger partial charge >= 0.3 is 0 Å². The smallest absolute Gasteiger partial charge is 0.160 e. The van der Waals surface area contributed by atoms with Crippen LogP contribution in [0.3, 0.4) is 0 Å². The zero-order valence-corrected chi connectivity index (χ0v) is 14.0. The first-order chi connectivity index (χ1) is 11.6. The third-order valence-electron chi connectivity index (χ3n) is 5.61. The van der Waals surface area contributed by atoms with Gasteiger partial charge in [-0.15, -0.1) is 0 Å². The quantitative estimate of drug-likeness (QED) is 0.873. The predicted octanol–water partition coefficient (Wildman–Crippen LogP) is 2.92. The molecular formula is C19H23NO4. The van der Waals surface area contributed by atoms with Crippen molar-refractivity contribution in [3.05, 3.63) is 46.9 Å². The molecule has 2 aliphatic heterocycles. The van der Waals surface area contributed by atoms with Crippen LogP contribution in [0.5, 0.6) is 11.5 Å². The minimum absolute atomic E-state index is 0.203. The Morgan fingerprint density at radius 1 is 1.08 bits per heavy atom. The number of nitrogens with zero attached hydrogens (tertiary/aromatic N) is 1. The Balaban J connectivity index is 1.67. The Kier molecular flexibility index (Phi) is 3.68. The zero-order chi connectivity index (χ0) is 16.8. The van der Waals surface area contributed by atoms with Gasteiger partial charge in [-0.1, -0.05) is 0 Å². The van der Waals surface area contributed by atoms with E-state index in [0.29, 0.717) is 23.3 Å². The number of phenols is 1. The topological polar surface area (TPSA) is 62.2 Å². The molecule has 2 N–H and O–H groups in total. The van der Waals surface area contributed by atoms with Crippen molar-refractivity contribution in [2.45, 2.75) is 18.9 Å². The lowest BCUT2D eigenvalue weighted by molar-refractivity contribution is 0.0820. The molecule has 1 fully saturated rings. The summed E-state index contributed by atoms with van der Waals surface area (Å²) >= 11 is 0. The minimum Gasteiger partial charge on any atom is -0.504 e. The van der Waals surface area contributed by atoms with Crippen LogP contribution in [0, 0.1) is 11.8 Å². The number of benzene rings is 1. The number of hydrogen-bond acceptors (Lipinski definition) is 5. The van der Waals surface area contributed by atoms with E-state index < -0.39 is 0 Å². The first kappa shape index (κ1) is 15.4. The summed E-state index contributed by atoms with van der Waals surface area (Å²) < 4.78 is 10.5. The van der Waals surface area contributed by atoms with E-state index in [1.54, 1.807) is 14.2 Å². The van der Waals surface area contributed by atoms with Crippen LogP contribution >= 0.6 is 0 Å². The number of ether oxygens (including phenoxy) is 2. The first-order valence-electron chi connectivity index (χ1n) is 8.41. The van der Waals surface area contributed by atoms with Crippen molar-refractivity contribution in [1.82, 2.24) is 4.90 Å². The van der Waals surface area contributed by atoms with Crippen molar-refractivity contribution in [3.63, 3.8) is 0 Å². The number of aliphatic hydroxyl groups is 1. The number of aromatic hydroxyl groups is 1. The lowest BCUT2D eigenvalue weighted by Crippen LogP contribution is -2.45. The Morgan fingerprint density at radius 3 is 2.67 bits per heavy atom. The van der Waals surface area contributed by atoms with E-state index in [4.69, 9.17) is 9.47 Å². The van der Waals surface area contributed by atoms with Crippen LogP contribution in [-0.2, 0) is 11.2 Å². The monoisotopic (exact) mass is 329 g/mol. The molecule has 1 aromatic rings. The molecule has 0 radical (unpaired) electrons. The number of fused-ring (bicyclic) bond motifs is 4. The van der Waals surface area contributed by atoms with E-state index in [9.17, 15) is 10.2 Å². The number of hydrogen-bond donors (Lipinski definition) is 2. The summed E-state index contributed by atoms with van der Waals surface area (Å²) in [5.74, 6) is 2.22. The maximum atomic E-state index is 10.2. The molecule has 128 valence electrons. The Labute approximate surface area is 141 Å². The summed E-state index contributed by atoms with van der Waals surface area (Å²) in [5.41, 5.74) is 2.46. The molecule has 24 heavy (non-hydrogen) atoms. The normalized spacial score (nSPS) is 28.8. The van der Waals surface area contributed by atoms with Gasteiger partial charge in [-0.25, -0.2) is 0 Å². The van der Waals surface area contributed by atoms with Crippen molar-refractivity contribution in [2.75, 3.05) is 27.3 Å². The molecule has 1 aromatic carbocycles. The highest BCUT2D eigenvalue weighted by molar-refractivity contribution is 5.49. The Hall–Kier alpha value is -2.14. The van der Waals surface area contributed by atoms with Gasteiger partial charge in [0.25, 0.3) is 0 Å². The van der Waals surface area contributed by atoms with E-state index in [1.807, 2.05) is 18.2 Å². The molecule has 0 spiro atoms. The number of aliphatic hydroxyl groups excluding tert-OH is 1. The molecule has 1 saturated heterocycles. The molecule has 5 heteroatoms. The minimum atomic E-state index is 0.203. The van der Waals surface area contributed by atoms with E-state index in [2.05, 4.69) is 11.0 Å². The fourth-order valence-electron chi connectivity index (χ4n) is 4.37. The largest absolute Gasteiger partial charge is 0.504 e. The molecule has 0 amide bonds. The van der Waals surface area contributed by atoms with Crippen LogP contribution in [-0.4, -0.2) is 42.4 Å². The van der Waals surface area contributed by atoms with E-state index >= 15 is 0 Å². The van der Waals surface area contributed by atoms with Gasteiger partial charge in [0.15, 0.2) is 23.0 Å². The second kappa shape index (κ2) is 5.74. The van der Waals surface area contributed by atoms with Gasteiger partial charge in [-0.3, -0.25) is 4.90 Å². The van der Waals surface area contributed by atoms with Gasteiger partial charge in [0.05, 0.1) is 14.2 Å². The van der Waals surface area contributed by atoms with Gasteiger partial charge in [0.2, 0.25) is 0 Å². The third-order valence-corrected chi connectivity index (χ3v) is 5.61. The molecule has 0 bridgehead atoms. The number of allylic oxidation sites excluding steroid dienone is 1. The fraction of sp³-hybridized carbons (Fsp3) is 0.474. The third kappa shape index (κ3) is 2.35. The van der Waals surface area contributed by atoms with Crippen LogP contribution in [0.4, 0.5) is 0 Å². The van der Waals surface area contributed by atoms with Crippen molar-refractivity contribution in [3.8, 4) is 11.5 Å². The van der Waals surface area contributed by atoms with E-state index in [1.165, 1.54) is 11.1 Å². The summed E-state index contributed by atoms with van der Waals surface area (Å²) in [7, 11) is 3.17. The molecule has 4 rings (SSSR count). The molecule has 1 aliphatic carbocycles. The molecule has 3 aliphatic rings.